The Morgan fingerprint density at radius 2 is 2.27 bits per heavy atom. The number of nitrogens with one attached hydrogen (secondary N) is 2. The first-order valence-corrected chi connectivity index (χ1v) is 3.41. The van der Waals surface area contributed by atoms with Gasteiger partial charge in [-0.25, -0.2) is 4.79 Å². The Hall–Kier alpha value is -1.03. The fourth-order valence-electron chi connectivity index (χ4n) is 0.478. The predicted octanol–water partition coefficient (Wildman–Crippen LogP) is 0.200. The average Bonchev–Trinajstić information content (AvgIpc) is 1.82. The third kappa shape index (κ3) is 6.86. The summed E-state index contributed by atoms with van der Waals surface area (Å²) in [5.74, 6) is 0. The normalized spacial score (nSPS) is 11.9. The zero-order chi connectivity index (χ0) is 8.85. The lowest BCUT2D eigenvalue weighted by Gasteiger charge is -2.07. The van der Waals surface area contributed by atoms with Crippen LogP contribution in [0.25, 0.3) is 0 Å². The smallest absolute Gasteiger partial charge is 0.319 e. The molecule has 4 heteroatoms. The summed E-state index contributed by atoms with van der Waals surface area (Å²) in [7, 11) is 0. The number of carbonyl (C=O) groups excluding carboxylic acids is 1. The van der Waals surface area contributed by atoms with Gasteiger partial charge in [0.2, 0.25) is 0 Å². The third-order valence-electron chi connectivity index (χ3n) is 0.885. The molecule has 0 aromatic heterocycles. The lowest BCUT2D eigenvalue weighted by molar-refractivity contribution is 0.188. The number of allylic oxidation sites excluding steroid dienone is 1. The molecule has 0 fully saturated rings. The van der Waals surface area contributed by atoms with E-state index in [4.69, 9.17) is 5.11 Å². The molecule has 1 unspecified atom stereocenters. The monoisotopic (exact) mass is 158 g/mol. The number of hydrogen-bond donors (Lipinski definition) is 3. The Kier molecular flexibility index (Phi) is 4.29. The summed E-state index contributed by atoms with van der Waals surface area (Å²) in [6.45, 7) is 7.02. The molecule has 0 radical (unpaired) electrons. The number of carbonyl (C=O) groups is 1. The summed E-state index contributed by atoms with van der Waals surface area (Å²) in [6.07, 6.45) is -0.522. The second kappa shape index (κ2) is 4.73. The van der Waals surface area contributed by atoms with Gasteiger partial charge in [0, 0.05) is 12.2 Å². The third-order valence-corrected chi connectivity index (χ3v) is 0.885. The Labute approximate surface area is 66.3 Å². The van der Waals surface area contributed by atoms with Gasteiger partial charge in [0.15, 0.2) is 0 Å². The van der Waals surface area contributed by atoms with Gasteiger partial charge in [-0.15, -0.1) is 0 Å². The maximum atomic E-state index is 10.8. The van der Waals surface area contributed by atoms with Crippen LogP contribution in [0.5, 0.6) is 0 Å². The van der Waals surface area contributed by atoms with E-state index in [1.165, 1.54) is 0 Å². The van der Waals surface area contributed by atoms with Gasteiger partial charge in [0.1, 0.15) is 0 Å². The number of amides is 2. The van der Waals surface area contributed by atoms with Crippen molar-refractivity contribution in [1.29, 1.82) is 0 Å². The van der Waals surface area contributed by atoms with Crippen LogP contribution in [0.3, 0.4) is 0 Å². The highest BCUT2D eigenvalue weighted by molar-refractivity contribution is 5.75. The summed E-state index contributed by atoms with van der Waals surface area (Å²) in [6, 6.07) is -0.335. The fourth-order valence-corrected chi connectivity index (χ4v) is 0.478. The Morgan fingerprint density at radius 1 is 1.73 bits per heavy atom. The Bertz CT molecular complexity index is 155. The van der Waals surface area contributed by atoms with Crippen LogP contribution < -0.4 is 10.6 Å². The van der Waals surface area contributed by atoms with E-state index in [9.17, 15) is 4.79 Å². The molecule has 4 nitrogen and oxygen atoms in total. The largest absolute Gasteiger partial charge is 0.392 e. The Morgan fingerprint density at radius 3 is 2.64 bits per heavy atom. The van der Waals surface area contributed by atoms with Gasteiger partial charge >= 0.3 is 6.03 Å². The first-order chi connectivity index (χ1) is 5.02. The molecule has 0 aromatic rings. The summed E-state index contributed by atoms with van der Waals surface area (Å²) in [5, 5.41) is 13.7. The highest BCUT2D eigenvalue weighted by Crippen LogP contribution is 1.79. The molecule has 0 heterocycles. The van der Waals surface area contributed by atoms with E-state index >= 15 is 0 Å². The van der Waals surface area contributed by atoms with Crippen molar-refractivity contribution in [2.24, 2.45) is 0 Å². The van der Waals surface area contributed by atoms with E-state index in [0.717, 1.165) is 0 Å². The van der Waals surface area contributed by atoms with Gasteiger partial charge in [-0.2, -0.15) is 0 Å². The predicted molar refractivity (Wildman–Crippen MR) is 43.0 cm³/mol. The number of urea groups is 1. The molecule has 0 rings (SSSR count). The number of rotatable bonds is 3. The molecule has 0 aromatic carbocycles. The van der Waals surface area contributed by atoms with E-state index in [1.54, 1.807) is 13.8 Å². The first-order valence-electron chi connectivity index (χ1n) is 3.41. The van der Waals surface area contributed by atoms with Crippen molar-refractivity contribution >= 4 is 6.03 Å². The average molecular weight is 158 g/mol. The minimum Gasteiger partial charge on any atom is -0.392 e. The van der Waals surface area contributed by atoms with Gasteiger partial charge in [-0.1, -0.05) is 6.58 Å². The van der Waals surface area contributed by atoms with Crippen molar-refractivity contribution in [2.45, 2.75) is 20.0 Å². The van der Waals surface area contributed by atoms with Crippen molar-refractivity contribution in [1.82, 2.24) is 10.6 Å². The zero-order valence-corrected chi connectivity index (χ0v) is 6.85. The second-order valence-corrected chi connectivity index (χ2v) is 2.46. The molecular weight excluding hydrogens is 144 g/mol. The highest BCUT2D eigenvalue weighted by atomic mass is 16.3. The summed E-state index contributed by atoms with van der Waals surface area (Å²) < 4.78 is 0. The van der Waals surface area contributed by atoms with Crippen LogP contribution in [0.15, 0.2) is 12.3 Å². The van der Waals surface area contributed by atoms with Crippen LogP contribution in [0.4, 0.5) is 4.79 Å². The summed E-state index contributed by atoms with van der Waals surface area (Å²) in [4.78, 5) is 10.8. The molecule has 11 heavy (non-hydrogen) atoms. The highest BCUT2D eigenvalue weighted by Gasteiger charge is 2.00. The van der Waals surface area contributed by atoms with Gasteiger partial charge < -0.3 is 15.7 Å². The minimum absolute atomic E-state index is 0.249. The zero-order valence-electron chi connectivity index (χ0n) is 6.85. The van der Waals surface area contributed by atoms with E-state index in [0.29, 0.717) is 5.70 Å². The van der Waals surface area contributed by atoms with Crippen molar-refractivity contribution in [2.75, 3.05) is 6.54 Å². The molecule has 0 saturated heterocycles. The molecule has 0 spiro atoms. The van der Waals surface area contributed by atoms with Crippen LogP contribution in [0, 0.1) is 0 Å². The van der Waals surface area contributed by atoms with Gasteiger partial charge in [0.05, 0.1) is 6.10 Å². The van der Waals surface area contributed by atoms with Crippen LogP contribution in [0.1, 0.15) is 13.8 Å². The quantitative estimate of drug-likeness (QED) is 0.549. The molecule has 0 aliphatic heterocycles. The van der Waals surface area contributed by atoms with E-state index in [1.807, 2.05) is 0 Å². The molecule has 2 amide bonds. The van der Waals surface area contributed by atoms with Crippen LogP contribution >= 0.6 is 0 Å². The van der Waals surface area contributed by atoms with E-state index < -0.39 is 6.10 Å². The van der Waals surface area contributed by atoms with E-state index in [2.05, 4.69) is 17.2 Å². The SMILES string of the molecule is C=C(C)NC(=O)NCC(C)O. The van der Waals surface area contributed by atoms with Crippen molar-refractivity contribution < 1.29 is 9.90 Å². The van der Waals surface area contributed by atoms with Gasteiger partial charge in [-0.05, 0) is 13.8 Å². The molecular formula is C7H14N2O2. The van der Waals surface area contributed by atoms with Crippen molar-refractivity contribution in [3.05, 3.63) is 12.3 Å². The molecule has 3 N–H and O–H groups in total. The van der Waals surface area contributed by atoms with Crippen molar-refractivity contribution in [3.63, 3.8) is 0 Å². The van der Waals surface area contributed by atoms with Crippen LogP contribution in [-0.2, 0) is 0 Å². The molecule has 0 aliphatic rings. The lowest BCUT2D eigenvalue weighted by atomic mass is 10.4. The molecule has 0 saturated carbocycles. The fraction of sp³-hybridized carbons (Fsp3) is 0.571. The standard InChI is InChI=1S/C7H14N2O2/c1-5(2)9-7(11)8-4-6(3)10/h6,10H,1,4H2,2-3H3,(H2,8,9,11). The molecule has 64 valence electrons. The molecule has 1 atom stereocenters. The number of aliphatic hydroxyl groups is 1. The maximum absolute atomic E-state index is 10.8. The topological polar surface area (TPSA) is 61.4 Å². The summed E-state index contributed by atoms with van der Waals surface area (Å²) in [5.41, 5.74) is 0.577. The molecule has 0 aliphatic carbocycles. The summed E-state index contributed by atoms with van der Waals surface area (Å²) >= 11 is 0. The van der Waals surface area contributed by atoms with Gasteiger partial charge in [-0.3, -0.25) is 0 Å². The maximum Gasteiger partial charge on any atom is 0.319 e. The minimum atomic E-state index is -0.522. The van der Waals surface area contributed by atoms with Crippen LogP contribution in [-0.4, -0.2) is 23.8 Å². The van der Waals surface area contributed by atoms with Crippen LogP contribution in [0.2, 0.25) is 0 Å². The van der Waals surface area contributed by atoms with Gasteiger partial charge in [0.25, 0.3) is 0 Å². The second-order valence-electron chi connectivity index (χ2n) is 2.46. The lowest BCUT2D eigenvalue weighted by Crippen LogP contribution is -2.37. The Balaban J connectivity index is 3.46. The molecule has 0 bridgehead atoms. The number of aliphatic hydroxyl groups excluding tert-OH is 1. The van der Waals surface area contributed by atoms with E-state index in [-0.39, 0.29) is 12.6 Å². The van der Waals surface area contributed by atoms with Crippen molar-refractivity contribution in [3.8, 4) is 0 Å². The number of hydrogen-bond acceptors (Lipinski definition) is 2. The first kappa shape index (κ1) is 9.97.